The van der Waals surface area contributed by atoms with E-state index in [4.69, 9.17) is 0 Å². The number of hydrogen-bond acceptors (Lipinski definition) is 1. The van der Waals surface area contributed by atoms with Crippen LogP contribution in [0.25, 0.3) is 5.57 Å². The van der Waals surface area contributed by atoms with Crippen LogP contribution in [0, 0.1) is 0 Å². The van der Waals surface area contributed by atoms with E-state index in [2.05, 4.69) is 50.3 Å². The summed E-state index contributed by atoms with van der Waals surface area (Å²) in [6.07, 6.45) is 7.16. The van der Waals surface area contributed by atoms with E-state index in [-0.39, 0.29) is 0 Å². The Morgan fingerprint density at radius 3 is 2.50 bits per heavy atom. The highest BCUT2D eigenvalue weighted by Gasteiger charge is 2.11. The van der Waals surface area contributed by atoms with Crippen molar-refractivity contribution in [3.8, 4) is 0 Å². The lowest BCUT2D eigenvalue weighted by molar-refractivity contribution is 1.00. The zero-order chi connectivity index (χ0) is 12.8. The first-order chi connectivity index (χ1) is 8.85. The summed E-state index contributed by atoms with van der Waals surface area (Å²) >= 11 is 2.03. The minimum Gasteiger partial charge on any atom is -0.126 e. The highest BCUT2D eigenvalue weighted by Crippen LogP contribution is 2.33. The predicted molar refractivity (Wildman–Crippen MR) is 83.7 cm³/mol. The molecule has 0 saturated carbocycles. The number of allylic oxidation sites excluding steroid dienone is 3. The van der Waals surface area contributed by atoms with E-state index >= 15 is 0 Å². The van der Waals surface area contributed by atoms with Crippen LogP contribution in [0.4, 0.5) is 0 Å². The number of rotatable bonds is 3. The fourth-order valence-electron chi connectivity index (χ4n) is 2.43. The fraction of sp³-hybridized carbons (Fsp3) is 0.412. The molecule has 1 aromatic carbocycles. The van der Waals surface area contributed by atoms with Crippen molar-refractivity contribution >= 4 is 17.3 Å². The van der Waals surface area contributed by atoms with Crippen molar-refractivity contribution < 1.29 is 0 Å². The molecule has 0 fully saturated rings. The van der Waals surface area contributed by atoms with Crippen LogP contribution in [0.3, 0.4) is 0 Å². The van der Waals surface area contributed by atoms with Crippen molar-refractivity contribution in [3.63, 3.8) is 0 Å². The Morgan fingerprint density at radius 2 is 1.83 bits per heavy atom. The minimum absolute atomic E-state index is 1.17. The van der Waals surface area contributed by atoms with Crippen LogP contribution in [-0.4, -0.2) is 5.75 Å². The van der Waals surface area contributed by atoms with E-state index in [9.17, 15) is 0 Å². The Hall–Kier alpha value is -0.950. The molecule has 1 heterocycles. The average Bonchev–Trinajstić information content (AvgIpc) is 2.40. The zero-order valence-corrected chi connectivity index (χ0v) is 12.2. The molecule has 0 amide bonds. The molecule has 0 unspecified atom stereocenters. The van der Waals surface area contributed by atoms with E-state index in [1.807, 2.05) is 11.8 Å². The van der Waals surface area contributed by atoms with Gasteiger partial charge in [-0.05, 0) is 41.7 Å². The molecule has 0 radical (unpaired) electrons. The molecule has 0 aliphatic carbocycles. The van der Waals surface area contributed by atoms with Gasteiger partial charge in [-0.3, -0.25) is 0 Å². The Kier molecular flexibility index (Phi) is 5.12. The summed E-state index contributed by atoms with van der Waals surface area (Å²) in [5, 5.41) is 0. The van der Waals surface area contributed by atoms with Crippen LogP contribution < -0.4 is 0 Å². The molecule has 0 saturated heterocycles. The molecule has 1 aliphatic rings. The van der Waals surface area contributed by atoms with Gasteiger partial charge in [0.2, 0.25) is 0 Å². The zero-order valence-electron chi connectivity index (χ0n) is 11.4. The van der Waals surface area contributed by atoms with Gasteiger partial charge < -0.3 is 0 Å². The van der Waals surface area contributed by atoms with Gasteiger partial charge in [0.05, 0.1) is 0 Å². The summed E-state index contributed by atoms with van der Waals surface area (Å²) in [6.45, 7) is 4.55. The van der Waals surface area contributed by atoms with Crippen LogP contribution >= 0.6 is 11.8 Å². The molecule has 18 heavy (non-hydrogen) atoms. The molecule has 96 valence electrons. The minimum atomic E-state index is 1.17. The second kappa shape index (κ2) is 6.84. The number of benzene rings is 1. The molecule has 0 atom stereocenters. The lowest BCUT2D eigenvalue weighted by atomic mass is 9.95. The normalized spacial score (nSPS) is 17.1. The Labute approximate surface area is 115 Å². The smallest absolute Gasteiger partial charge is 0.0193 e. The molecule has 0 nitrogen and oxygen atoms in total. The third-order valence-corrected chi connectivity index (χ3v) is 4.84. The van der Waals surface area contributed by atoms with Gasteiger partial charge in [0.25, 0.3) is 0 Å². The van der Waals surface area contributed by atoms with Crippen molar-refractivity contribution in [1.29, 1.82) is 0 Å². The quantitative estimate of drug-likeness (QED) is 0.673. The van der Waals surface area contributed by atoms with Crippen LogP contribution in [0.5, 0.6) is 0 Å². The van der Waals surface area contributed by atoms with Crippen molar-refractivity contribution in [2.75, 3.05) is 5.75 Å². The highest BCUT2D eigenvalue weighted by molar-refractivity contribution is 8.03. The van der Waals surface area contributed by atoms with Crippen LogP contribution in [-0.2, 0) is 0 Å². The molecule has 0 spiro atoms. The molecule has 2 rings (SSSR count). The second-order valence-corrected chi connectivity index (χ2v) is 5.75. The van der Waals surface area contributed by atoms with E-state index in [1.54, 1.807) is 16.1 Å². The van der Waals surface area contributed by atoms with Crippen LogP contribution in [0.15, 0.2) is 46.9 Å². The van der Waals surface area contributed by atoms with Crippen LogP contribution in [0.1, 0.15) is 45.1 Å². The number of hydrogen-bond donors (Lipinski definition) is 0. The molecule has 1 aliphatic heterocycles. The molecule has 0 bridgehead atoms. The lowest BCUT2D eigenvalue weighted by Gasteiger charge is -2.18. The average molecular weight is 258 g/mol. The SMILES string of the molecule is CCC1=CCCC(c2ccccc2)=C(CC)CS1. The topological polar surface area (TPSA) is 0 Å². The highest BCUT2D eigenvalue weighted by atomic mass is 32.2. The van der Waals surface area contributed by atoms with Crippen molar-refractivity contribution in [3.05, 3.63) is 52.4 Å². The van der Waals surface area contributed by atoms with Gasteiger partial charge >= 0.3 is 0 Å². The molecule has 1 heteroatoms. The summed E-state index contributed by atoms with van der Waals surface area (Å²) < 4.78 is 0. The van der Waals surface area contributed by atoms with Gasteiger partial charge in [-0.15, -0.1) is 11.8 Å². The predicted octanol–water partition coefficient (Wildman–Crippen LogP) is 5.67. The number of thioether (sulfide) groups is 1. The maximum Gasteiger partial charge on any atom is 0.0193 e. The van der Waals surface area contributed by atoms with E-state index in [0.29, 0.717) is 0 Å². The fourth-order valence-corrected chi connectivity index (χ4v) is 3.61. The van der Waals surface area contributed by atoms with Gasteiger partial charge in [-0.2, -0.15) is 0 Å². The van der Waals surface area contributed by atoms with Crippen LogP contribution in [0.2, 0.25) is 0 Å². The Morgan fingerprint density at radius 1 is 1.06 bits per heavy atom. The standard InChI is InChI=1S/C17H22S/c1-3-14-13-18-16(4-2)11-8-12-17(14)15-9-6-5-7-10-15/h5-7,9-11H,3-4,8,12-13H2,1-2H3. The van der Waals surface area contributed by atoms with E-state index < -0.39 is 0 Å². The molecule has 0 N–H and O–H groups in total. The summed E-state index contributed by atoms with van der Waals surface area (Å²) in [7, 11) is 0. The van der Waals surface area contributed by atoms with Crippen molar-refractivity contribution in [2.45, 2.75) is 39.5 Å². The summed E-state index contributed by atoms with van der Waals surface area (Å²) in [5.41, 5.74) is 4.63. The van der Waals surface area contributed by atoms with Gasteiger partial charge in [0.1, 0.15) is 0 Å². The Balaban J connectivity index is 2.26. The first-order valence-electron chi connectivity index (χ1n) is 6.93. The van der Waals surface area contributed by atoms with Crippen molar-refractivity contribution in [2.24, 2.45) is 0 Å². The maximum atomic E-state index is 2.43. The Bertz CT molecular complexity index is 440. The third-order valence-electron chi connectivity index (χ3n) is 3.52. The first kappa shape index (κ1) is 13.5. The maximum absolute atomic E-state index is 2.43. The van der Waals surface area contributed by atoms with Gasteiger partial charge in [-0.25, -0.2) is 0 Å². The summed E-state index contributed by atoms with van der Waals surface area (Å²) in [6, 6.07) is 10.9. The molecule has 1 aromatic rings. The summed E-state index contributed by atoms with van der Waals surface area (Å²) in [4.78, 5) is 1.56. The third kappa shape index (κ3) is 3.29. The molecular weight excluding hydrogens is 236 g/mol. The first-order valence-corrected chi connectivity index (χ1v) is 7.91. The second-order valence-electron chi connectivity index (χ2n) is 4.65. The largest absolute Gasteiger partial charge is 0.126 e. The van der Waals surface area contributed by atoms with Gasteiger partial charge in [-0.1, -0.05) is 55.8 Å². The van der Waals surface area contributed by atoms with Gasteiger partial charge in [0.15, 0.2) is 0 Å². The van der Waals surface area contributed by atoms with Crippen molar-refractivity contribution in [1.82, 2.24) is 0 Å². The van der Waals surface area contributed by atoms with Gasteiger partial charge in [0, 0.05) is 5.75 Å². The summed E-state index contributed by atoms with van der Waals surface area (Å²) in [5.74, 6) is 1.17. The molecule has 0 aromatic heterocycles. The van der Waals surface area contributed by atoms with E-state index in [1.165, 1.54) is 37.0 Å². The lowest BCUT2D eigenvalue weighted by Crippen LogP contribution is -1.98. The molecular formula is C17H22S. The van der Waals surface area contributed by atoms with E-state index in [0.717, 1.165) is 0 Å². The monoisotopic (exact) mass is 258 g/mol.